The van der Waals surface area contributed by atoms with Crippen LogP contribution in [-0.4, -0.2) is 16.3 Å². The first kappa shape index (κ1) is 12.6. The summed E-state index contributed by atoms with van der Waals surface area (Å²) in [5.74, 6) is -0.105. The van der Waals surface area contributed by atoms with Gasteiger partial charge in [0.1, 0.15) is 0 Å². The number of carboxylic acid groups (broad SMARTS) is 1. The minimum Gasteiger partial charge on any atom is -0.481 e. The van der Waals surface area contributed by atoms with Crippen molar-refractivity contribution in [1.29, 1.82) is 5.26 Å². The minimum absolute atomic E-state index is 0.0595. The molecular weight excluding hydrogens is 222 g/mol. The molecule has 3 nitrogen and oxygen atoms in total. The second kappa shape index (κ2) is 6.19. The molecule has 1 aromatic carbocycles. The smallest absolute Gasteiger partial charge is 0.304 e. The first-order valence-corrected chi connectivity index (χ1v) is 5.99. The second-order valence-corrected chi connectivity index (χ2v) is 4.92. The summed E-state index contributed by atoms with van der Waals surface area (Å²) in [5, 5.41) is 17.6. The van der Waals surface area contributed by atoms with Gasteiger partial charge < -0.3 is 5.11 Å². The Hall–Kier alpha value is -1.47. The van der Waals surface area contributed by atoms with Crippen LogP contribution in [0.3, 0.4) is 0 Å². The van der Waals surface area contributed by atoms with Gasteiger partial charge in [-0.05, 0) is 11.6 Å². The fourth-order valence-electron chi connectivity index (χ4n) is 1.29. The molecule has 1 aromatic rings. The Morgan fingerprint density at radius 3 is 2.88 bits per heavy atom. The predicted molar refractivity (Wildman–Crippen MR) is 64.2 cm³/mol. The number of hydrogen-bond acceptors (Lipinski definition) is 3. The molecule has 0 amide bonds. The first-order valence-electron chi connectivity index (χ1n) is 4.95. The normalized spacial score (nSPS) is 11.8. The van der Waals surface area contributed by atoms with Gasteiger partial charge in [0.25, 0.3) is 0 Å². The van der Waals surface area contributed by atoms with Crippen LogP contribution in [0.4, 0.5) is 0 Å². The molecule has 84 valence electrons. The maximum Gasteiger partial charge on any atom is 0.304 e. The van der Waals surface area contributed by atoms with Crippen molar-refractivity contribution in [2.45, 2.75) is 24.3 Å². The zero-order chi connectivity index (χ0) is 12.0. The molecule has 0 aromatic heterocycles. The number of carbonyl (C=O) groups is 1. The highest BCUT2D eigenvalue weighted by molar-refractivity contribution is 7.99. The van der Waals surface area contributed by atoms with Crippen molar-refractivity contribution in [2.24, 2.45) is 0 Å². The van der Waals surface area contributed by atoms with Crippen LogP contribution in [-0.2, 0) is 10.5 Å². The van der Waals surface area contributed by atoms with Crippen LogP contribution in [0.15, 0.2) is 24.3 Å². The lowest BCUT2D eigenvalue weighted by Crippen LogP contribution is -2.06. The molecule has 0 aliphatic heterocycles. The Bertz CT molecular complexity index is 412. The van der Waals surface area contributed by atoms with Crippen molar-refractivity contribution in [3.8, 4) is 6.07 Å². The van der Waals surface area contributed by atoms with Gasteiger partial charge in [0.15, 0.2) is 0 Å². The number of nitrogens with zero attached hydrogens (tertiary/aromatic N) is 1. The van der Waals surface area contributed by atoms with E-state index in [2.05, 4.69) is 6.07 Å². The van der Waals surface area contributed by atoms with E-state index in [1.165, 1.54) is 0 Å². The SMILES string of the molecule is CC(CC(=O)O)SCc1ccccc1C#N. The van der Waals surface area contributed by atoms with E-state index in [1.807, 2.05) is 25.1 Å². The van der Waals surface area contributed by atoms with Crippen LogP contribution < -0.4 is 0 Å². The minimum atomic E-state index is -0.784. The van der Waals surface area contributed by atoms with Crippen molar-refractivity contribution in [1.82, 2.24) is 0 Å². The van der Waals surface area contributed by atoms with Gasteiger partial charge >= 0.3 is 5.97 Å². The quantitative estimate of drug-likeness (QED) is 0.852. The first-order chi connectivity index (χ1) is 7.63. The predicted octanol–water partition coefficient (Wildman–Crippen LogP) is 2.65. The summed E-state index contributed by atoms with van der Waals surface area (Å²) >= 11 is 1.56. The highest BCUT2D eigenvalue weighted by Crippen LogP contribution is 2.21. The van der Waals surface area contributed by atoms with Crippen molar-refractivity contribution in [3.05, 3.63) is 35.4 Å². The van der Waals surface area contributed by atoms with Gasteiger partial charge in [-0.1, -0.05) is 25.1 Å². The standard InChI is InChI=1S/C12H13NO2S/c1-9(6-12(14)15)16-8-11-5-3-2-4-10(11)7-13/h2-5,9H,6,8H2,1H3,(H,14,15). The van der Waals surface area contributed by atoms with Crippen LogP contribution >= 0.6 is 11.8 Å². The molecule has 0 aliphatic carbocycles. The van der Waals surface area contributed by atoms with E-state index in [9.17, 15) is 4.79 Å². The van der Waals surface area contributed by atoms with Crippen molar-refractivity contribution < 1.29 is 9.90 Å². The van der Waals surface area contributed by atoms with Crippen LogP contribution in [0.5, 0.6) is 0 Å². The fraction of sp³-hybridized carbons (Fsp3) is 0.333. The third kappa shape index (κ3) is 3.95. The number of hydrogen-bond donors (Lipinski definition) is 1. The van der Waals surface area contributed by atoms with Gasteiger partial charge in [0, 0.05) is 11.0 Å². The highest BCUT2D eigenvalue weighted by Gasteiger charge is 2.09. The summed E-state index contributed by atoms with van der Waals surface area (Å²) in [7, 11) is 0. The number of nitriles is 1. The lowest BCUT2D eigenvalue weighted by molar-refractivity contribution is -0.136. The molecule has 1 unspecified atom stereocenters. The Kier molecular flexibility index (Phi) is 4.87. The molecule has 1 atom stereocenters. The largest absolute Gasteiger partial charge is 0.481 e. The molecule has 0 bridgehead atoms. The van der Waals surface area contributed by atoms with E-state index >= 15 is 0 Å². The summed E-state index contributed by atoms with van der Waals surface area (Å²) in [4.78, 5) is 10.5. The fourth-order valence-corrected chi connectivity index (χ4v) is 2.27. The van der Waals surface area contributed by atoms with Crippen LogP contribution in [0.25, 0.3) is 0 Å². The lowest BCUT2D eigenvalue weighted by atomic mass is 10.1. The maximum atomic E-state index is 10.5. The molecule has 0 saturated heterocycles. The molecule has 0 fully saturated rings. The average Bonchev–Trinajstić information content (AvgIpc) is 2.26. The van der Waals surface area contributed by atoms with E-state index < -0.39 is 5.97 Å². The third-order valence-electron chi connectivity index (χ3n) is 2.12. The lowest BCUT2D eigenvalue weighted by Gasteiger charge is -2.09. The van der Waals surface area contributed by atoms with Gasteiger partial charge in [0.05, 0.1) is 18.1 Å². The van der Waals surface area contributed by atoms with Crippen molar-refractivity contribution >= 4 is 17.7 Å². The van der Waals surface area contributed by atoms with E-state index in [-0.39, 0.29) is 11.7 Å². The summed E-state index contributed by atoms with van der Waals surface area (Å²) in [6.45, 7) is 1.88. The zero-order valence-corrected chi connectivity index (χ0v) is 9.83. The molecule has 0 heterocycles. The van der Waals surface area contributed by atoms with E-state index in [0.717, 1.165) is 5.56 Å². The number of carboxylic acids is 1. The van der Waals surface area contributed by atoms with Gasteiger partial charge in [-0.25, -0.2) is 0 Å². The molecule has 0 spiro atoms. The number of aliphatic carboxylic acids is 1. The van der Waals surface area contributed by atoms with Crippen LogP contribution in [0.1, 0.15) is 24.5 Å². The second-order valence-electron chi connectivity index (χ2n) is 3.49. The zero-order valence-electron chi connectivity index (χ0n) is 9.01. The molecule has 0 radical (unpaired) electrons. The van der Waals surface area contributed by atoms with Gasteiger partial charge in [-0.3, -0.25) is 4.79 Å². The summed E-state index contributed by atoms with van der Waals surface area (Å²) < 4.78 is 0. The Morgan fingerprint density at radius 2 is 2.25 bits per heavy atom. The Balaban J connectivity index is 2.55. The molecule has 1 N–H and O–H groups in total. The van der Waals surface area contributed by atoms with Crippen molar-refractivity contribution in [2.75, 3.05) is 0 Å². The molecule has 1 rings (SSSR count). The topological polar surface area (TPSA) is 61.1 Å². The maximum absolute atomic E-state index is 10.5. The van der Waals surface area contributed by atoms with Gasteiger partial charge in [-0.15, -0.1) is 0 Å². The van der Waals surface area contributed by atoms with Gasteiger partial charge in [0.2, 0.25) is 0 Å². The average molecular weight is 235 g/mol. The number of rotatable bonds is 5. The van der Waals surface area contributed by atoms with Crippen LogP contribution in [0.2, 0.25) is 0 Å². The molecule has 0 aliphatic rings. The van der Waals surface area contributed by atoms with Gasteiger partial charge in [-0.2, -0.15) is 17.0 Å². The monoisotopic (exact) mass is 235 g/mol. The van der Waals surface area contributed by atoms with E-state index in [1.54, 1.807) is 17.8 Å². The van der Waals surface area contributed by atoms with Crippen molar-refractivity contribution in [3.63, 3.8) is 0 Å². The summed E-state index contributed by atoms with van der Waals surface area (Å²) in [5.41, 5.74) is 1.63. The van der Waals surface area contributed by atoms with Crippen LogP contribution in [0, 0.1) is 11.3 Å². The molecule has 16 heavy (non-hydrogen) atoms. The molecule has 0 saturated carbocycles. The number of benzene rings is 1. The molecular formula is C12H13NO2S. The Labute approximate surface area is 99.1 Å². The van der Waals surface area contributed by atoms with E-state index in [4.69, 9.17) is 10.4 Å². The molecule has 4 heteroatoms. The number of thioether (sulfide) groups is 1. The summed E-state index contributed by atoms with van der Waals surface area (Å²) in [6.07, 6.45) is 0.152. The highest BCUT2D eigenvalue weighted by atomic mass is 32.2. The Morgan fingerprint density at radius 1 is 1.56 bits per heavy atom. The van der Waals surface area contributed by atoms with E-state index in [0.29, 0.717) is 11.3 Å². The summed E-state index contributed by atoms with van der Waals surface area (Å²) in [6, 6.07) is 9.52. The third-order valence-corrected chi connectivity index (χ3v) is 3.34.